The summed E-state index contributed by atoms with van der Waals surface area (Å²) in [6.45, 7) is 5.83. The maximum absolute atomic E-state index is 13.1. The highest BCUT2D eigenvalue weighted by Crippen LogP contribution is 2.48. The molecule has 1 aliphatic carbocycles. The van der Waals surface area contributed by atoms with E-state index in [9.17, 15) is 4.79 Å². The zero-order valence-electron chi connectivity index (χ0n) is 15.6. The summed E-state index contributed by atoms with van der Waals surface area (Å²) >= 11 is 0. The molecule has 4 rings (SSSR count). The van der Waals surface area contributed by atoms with Gasteiger partial charge in [0.2, 0.25) is 0 Å². The Labute approximate surface area is 158 Å². The molecule has 0 saturated heterocycles. The number of pyridine rings is 1. The average molecular weight is 358 g/mol. The Morgan fingerprint density at radius 2 is 2.07 bits per heavy atom. The molecule has 136 valence electrons. The molecule has 1 N–H and O–H groups in total. The Hall–Kier alpha value is -3.14. The predicted molar refractivity (Wildman–Crippen MR) is 108 cm³/mol. The van der Waals surface area contributed by atoms with Gasteiger partial charge in [0.05, 0.1) is 18.2 Å². The molecule has 0 radical (unpaired) electrons. The van der Waals surface area contributed by atoms with Gasteiger partial charge in [0.25, 0.3) is 5.91 Å². The van der Waals surface area contributed by atoms with Crippen LogP contribution in [0.1, 0.15) is 39.9 Å². The average Bonchev–Trinajstić information content (AvgIpc) is 3.47. The van der Waals surface area contributed by atoms with Crippen molar-refractivity contribution >= 4 is 22.9 Å². The summed E-state index contributed by atoms with van der Waals surface area (Å²) in [5.41, 5.74) is 4.25. The second-order valence-electron chi connectivity index (χ2n) is 7.06. The van der Waals surface area contributed by atoms with E-state index < -0.39 is 0 Å². The number of fused-ring (bicyclic) bond motifs is 1. The first-order valence-electron chi connectivity index (χ1n) is 9.05. The third-order valence-corrected chi connectivity index (χ3v) is 5.29. The van der Waals surface area contributed by atoms with Gasteiger partial charge in [-0.15, -0.1) is 0 Å². The number of benzene rings is 2. The van der Waals surface area contributed by atoms with E-state index in [-0.39, 0.29) is 11.4 Å². The Morgan fingerprint density at radius 1 is 1.26 bits per heavy atom. The summed E-state index contributed by atoms with van der Waals surface area (Å²) in [6, 6.07) is 13.7. The molecule has 0 aliphatic heterocycles. The topological polar surface area (TPSA) is 51.2 Å². The number of rotatable bonds is 5. The van der Waals surface area contributed by atoms with E-state index >= 15 is 0 Å². The van der Waals surface area contributed by atoms with Crippen LogP contribution in [0, 0.1) is 6.92 Å². The molecule has 1 aliphatic rings. The number of carbonyl (C=O) groups excluding carboxylic acids is 1. The molecule has 1 saturated carbocycles. The molecule has 4 heteroatoms. The fourth-order valence-electron chi connectivity index (χ4n) is 3.56. The molecule has 0 unspecified atom stereocenters. The highest BCUT2D eigenvalue weighted by atomic mass is 16.5. The maximum Gasteiger partial charge on any atom is 0.252 e. The van der Waals surface area contributed by atoms with Crippen molar-refractivity contribution in [1.82, 2.24) is 10.3 Å². The van der Waals surface area contributed by atoms with Crippen LogP contribution in [0.5, 0.6) is 5.75 Å². The molecule has 3 aromatic rings. The number of hydrogen-bond donors (Lipinski definition) is 1. The number of carbonyl (C=O) groups is 1. The number of nitrogens with zero attached hydrogens (tertiary/aromatic N) is 1. The monoisotopic (exact) mass is 358 g/mol. The third kappa shape index (κ3) is 3.08. The van der Waals surface area contributed by atoms with Crippen molar-refractivity contribution in [2.45, 2.75) is 25.3 Å². The van der Waals surface area contributed by atoms with Crippen LogP contribution in [0.2, 0.25) is 0 Å². The minimum absolute atomic E-state index is 0.0788. The van der Waals surface area contributed by atoms with Crippen molar-refractivity contribution in [2.75, 3.05) is 7.11 Å². The normalized spacial score (nSPS) is 14.6. The highest BCUT2D eigenvalue weighted by molar-refractivity contribution is 5.97. The Morgan fingerprint density at radius 3 is 2.78 bits per heavy atom. The van der Waals surface area contributed by atoms with Crippen LogP contribution in [0.15, 0.2) is 55.2 Å². The van der Waals surface area contributed by atoms with Gasteiger partial charge in [-0.1, -0.05) is 24.8 Å². The van der Waals surface area contributed by atoms with Crippen molar-refractivity contribution < 1.29 is 9.53 Å². The summed E-state index contributed by atoms with van der Waals surface area (Å²) in [6.07, 6.45) is 5.43. The standard InChI is InChI=1S/C23H22N2O2/c1-4-16-12-20(18-6-5-11-24-21(18)13-16)23(9-10-23)25-22(26)19-14-17(27-3)8-7-15(19)2/h4-8,11-14H,1,9-10H2,2-3H3,(H,25,26). The van der Waals surface area contributed by atoms with E-state index in [1.165, 1.54) is 0 Å². The molecular weight excluding hydrogens is 336 g/mol. The van der Waals surface area contributed by atoms with Crippen molar-refractivity contribution in [1.29, 1.82) is 0 Å². The van der Waals surface area contributed by atoms with Crippen LogP contribution in [0.3, 0.4) is 0 Å². The van der Waals surface area contributed by atoms with Gasteiger partial charge in [0.1, 0.15) is 5.75 Å². The minimum atomic E-state index is -0.354. The van der Waals surface area contributed by atoms with Crippen LogP contribution < -0.4 is 10.1 Å². The van der Waals surface area contributed by atoms with Gasteiger partial charge in [-0.2, -0.15) is 0 Å². The van der Waals surface area contributed by atoms with E-state index in [0.29, 0.717) is 11.3 Å². The summed E-state index contributed by atoms with van der Waals surface area (Å²) < 4.78 is 5.28. The number of nitrogens with one attached hydrogen (secondary N) is 1. The van der Waals surface area contributed by atoms with Gasteiger partial charge in [-0.3, -0.25) is 9.78 Å². The van der Waals surface area contributed by atoms with Gasteiger partial charge in [-0.05, 0) is 66.8 Å². The predicted octanol–water partition coefficient (Wildman–Crippen LogP) is 4.61. The summed E-state index contributed by atoms with van der Waals surface area (Å²) in [4.78, 5) is 17.5. The molecule has 1 aromatic heterocycles. The molecule has 1 fully saturated rings. The van der Waals surface area contributed by atoms with Crippen LogP contribution >= 0.6 is 0 Å². The Balaban J connectivity index is 1.74. The SMILES string of the molecule is C=Cc1cc(C2(NC(=O)c3cc(OC)ccc3C)CC2)c2cccnc2c1. The van der Waals surface area contributed by atoms with E-state index in [1.54, 1.807) is 19.4 Å². The lowest BCUT2D eigenvalue weighted by Gasteiger charge is -2.21. The summed E-state index contributed by atoms with van der Waals surface area (Å²) in [5, 5.41) is 4.35. The second kappa shape index (κ2) is 6.54. The molecule has 27 heavy (non-hydrogen) atoms. The minimum Gasteiger partial charge on any atom is -0.497 e. The lowest BCUT2D eigenvalue weighted by molar-refractivity contribution is 0.0930. The zero-order chi connectivity index (χ0) is 19.0. The highest BCUT2D eigenvalue weighted by Gasteiger charge is 2.47. The van der Waals surface area contributed by atoms with Gasteiger partial charge >= 0.3 is 0 Å². The largest absolute Gasteiger partial charge is 0.497 e. The zero-order valence-corrected chi connectivity index (χ0v) is 15.6. The number of aryl methyl sites for hydroxylation is 1. The molecule has 0 spiro atoms. The van der Waals surface area contributed by atoms with Crippen LogP contribution in [-0.4, -0.2) is 18.0 Å². The van der Waals surface area contributed by atoms with Gasteiger partial charge in [0, 0.05) is 17.1 Å². The fourth-order valence-corrected chi connectivity index (χ4v) is 3.56. The van der Waals surface area contributed by atoms with Crippen molar-refractivity contribution in [3.8, 4) is 5.75 Å². The third-order valence-electron chi connectivity index (χ3n) is 5.29. The molecule has 4 nitrogen and oxygen atoms in total. The summed E-state index contributed by atoms with van der Waals surface area (Å²) in [5.74, 6) is 0.601. The van der Waals surface area contributed by atoms with Gasteiger partial charge < -0.3 is 10.1 Å². The Bertz CT molecular complexity index is 1050. The van der Waals surface area contributed by atoms with Crippen LogP contribution in [-0.2, 0) is 5.54 Å². The number of methoxy groups -OCH3 is 1. The molecule has 0 atom stereocenters. The molecule has 0 bridgehead atoms. The molecule has 1 amide bonds. The van der Waals surface area contributed by atoms with Crippen molar-refractivity contribution in [3.05, 3.63) is 77.5 Å². The second-order valence-corrected chi connectivity index (χ2v) is 7.06. The van der Waals surface area contributed by atoms with Crippen molar-refractivity contribution in [3.63, 3.8) is 0 Å². The lowest BCUT2D eigenvalue weighted by Crippen LogP contribution is -2.35. The van der Waals surface area contributed by atoms with Crippen molar-refractivity contribution in [2.24, 2.45) is 0 Å². The number of ether oxygens (including phenoxy) is 1. The first-order chi connectivity index (χ1) is 13.1. The van der Waals surface area contributed by atoms with E-state index in [2.05, 4.69) is 29.0 Å². The van der Waals surface area contributed by atoms with Crippen LogP contribution in [0.25, 0.3) is 17.0 Å². The van der Waals surface area contributed by atoms with Gasteiger partial charge in [-0.25, -0.2) is 0 Å². The number of amides is 1. The lowest BCUT2D eigenvalue weighted by atomic mass is 9.95. The van der Waals surface area contributed by atoms with E-state index in [0.717, 1.165) is 40.4 Å². The molecular formula is C23H22N2O2. The van der Waals surface area contributed by atoms with E-state index in [1.807, 2.05) is 37.3 Å². The van der Waals surface area contributed by atoms with Crippen LogP contribution in [0.4, 0.5) is 0 Å². The first-order valence-corrected chi connectivity index (χ1v) is 9.05. The first kappa shape index (κ1) is 17.3. The Kier molecular flexibility index (Phi) is 4.19. The van der Waals surface area contributed by atoms with E-state index in [4.69, 9.17) is 4.74 Å². The quantitative estimate of drug-likeness (QED) is 0.724. The smallest absolute Gasteiger partial charge is 0.252 e. The molecule has 2 aromatic carbocycles. The number of hydrogen-bond acceptors (Lipinski definition) is 3. The fraction of sp³-hybridized carbons (Fsp3) is 0.217. The number of aromatic nitrogens is 1. The van der Waals surface area contributed by atoms with Gasteiger partial charge in [0.15, 0.2) is 0 Å². The summed E-state index contributed by atoms with van der Waals surface area (Å²) in [7, 11) is 1.61. The molecule has 1 heterocycles. The maximum atomic E-state index is 13.1.